The first-order chi connectivity index (χ1) is 9.16. The van der Waals surface area contributed by atoms with Gasteiger partial charge in [0.2, 0.25) is 5.91 Å². The zero-order valence-corrected chi connectivity index (χ0v) is 11.7. The zero-order chi connectivity index (χ0) is 13.7. The summed E-state index contributed by atoms with van der Waals surface area (Å²) in [7, 11) is 0. The third-order valence-corrected chi connectivity index (χ3v) is 4.02. The molecule has 1 saturated carbocycles. The number of nitrogens with one attached hydrogen (secondary N) is 1. The Morgan fingerprint density at radius 2 is 1.74 bits per heavy atom. The largest absolute Gasteiger partial charge is 0.399 e. The van der Waals surface area contributed by atoms with E-state index >= 15 is 0 Å². The summed E-state index contributed by atoms with van der Waals surface area (Å²) < 4.78 is 0. The highest BCUT2D eigenvalue weighted by Crippen LogP contribution is 2.24. The predicted octanol–water partition coefficient (Wildman–Crippen LogP) is 3.42. The van der Waals surface area contributed by atoms with E-state index in [-0.39, 0.29) is 17.9 Å². The molecule has 3 heteroatoms. The summed E-state index contributed by atoms with van der Waals surface area (Å²) in [5.41, 5.74) is 7.54. The van der Waals surface area contributed by atoms with E-state index < -0.39 is 0 Å². The third kappa shape index (κ3) is 3.98. The van der Waals surface area contributed by atoms with Crippen LogP contribution in [0.4, 0.5) is 5.69 Å². The highest BCUT2D eigenvalue weighted by atomic mass is 16.1. The van der Waals surface area contributed by atoms with Crippen LogP contribution >= 0.6 is 0 Å². The lowest BCUT2D eigenvalue weighted by molar-refractivity contribution is -0.126. The van der Waals surface area contributed by atoms with Crippen LogP contribution in [0.5, 0.6) is 0 Å². The Hall–Kier alpha value is -1.51. The Labute approximate surface area is 115 Å². The molecule has 0 bridgehead atoms. The Bertz CT molecular complexity index is 405. The van der Waals surface area contributed by atoms with E-state index in [0.29, 0.717) is 0 Å². The van der Waals surface area contributed by atoms with Gasteiger partial charge in [0.25, 0.3) is 0 Å². The molecule has 1 unspecified atom stereocenters. The molecule has 2 rings (SSSR count). The molecular weight excluding hydrogens is 236 g/mol. The second kappa shape index (κ2) is 6.60. The molecule has 1 aliphatic carbocycles. The molecule has 0 aliphatic heterocycles. The van der Waals surface area contributed by atoms with Gasteiger partial charge in [0.1, 0.15) is 0 Å². The van der Waals surface area contributed by atoms with E-state index in [4.69, 9.17) is 5.73 Å². The van der Waals surface area contributed by atoms with Gasteiger partial charge in [-0.3, -0.25) is 4.79 Å². The topological polar surface area (TPSA) is 55.1 Å². The molecule has 0 aromatic heterocycles. The molecule has 1 amide bonds. The SMILES string of the molecule is CC(NC(=O)C1CCCCCC1)c1ccc(N)cc1. The number of amides is 1. The molecule has 0 heterocycles. The van der Waals surface area contributed by atoms with Gasteiger partial charge in [-0.05, 0) is 37.5 Å². The number of benzene rings is 1. The van der Waals surface area contributed by atoms with Crippen molar-refractivity contribution in [2.24, 2.45) is 5.92 Å². The van der Waals surface area contributed by atoms with Crippen LogP contribution in [0.15, 0.2) is 24.3 Å². The molecule has 1 atom stereocenters. The average Bonchev–Trinajstić information content (AvgIpc) is 2.68. The van der Waals surface area contributed by atoms with Gasteiger partial charge in [0.15, 0.2) is 0 Å². The summed E-state index contributed by atoms with van der Waals surface area (Å²) >= 11 is 0. The van der Waals surface area contributed by atoms with Crippen LogP contribution in [0.2, 0.25) is 0 Å². The van der Waals surface area contributed by atoms with Crippen molar-refractivity contribution < 1.29 is 4.79 Å². The first-order valence-electron chi connectivity index (χ1n) is 7.32. The number of carbonyl (C=O) groups excluding carboxylic acids is 1. The number of rotatable bonds is 3. The van der Waals surface area contributed by atoms with E-state index in [0.717, 1.165) is 24.1 Å². The number of hydrogen-bond donors (Lipinski definition) is 2. The highest BCUT2D eigenvalue weighted by Gasteiger charge is 2.21. The van der Waals surface area contributed by atoms with Gasteiger partial charge >= 0.3 is 0 Å². The molecule has 19 heavy (non-hydrogen) atoms. The van der Waals surface area contributed by atoms with Crippen molar-refractivity contribution in [3.63, 3.8) is 0 Å². The summed E-state index contributed by atoms with van der Waals surface area (Å²) in [6, 6.07) is 7.77. The average molecular weight is 260 g/mol. The fourth-order valence-electron chi connectivity index (χ4n) is 2.74. The van der Waals surface area contributed by atoms with Crippen LogP contribution in [0.3, 0.4) is 0 Å². The van der Waals surface area contributed by atoms with E-state index in [1.165, 1.54) is 25.7 Å². The summed E-state index contributed by atoms with van der Waals surface area (Å²) in [5.74, 6) is 0.421. The van der Waals surface area contributed by atoms with Crippen LogP contribution in [-0.4, -0.2) is 5.91 Å². The summed E-state index contributed by atoms with van der Waals surface area (Å²) in [5, 5.41) is 3.13. The van der Waals surface area contributed by atoms with Gasteiger partial charge in [0.05, 0.1) is 6.04 Å². The smallest absolute Gasteiger partial charge is 0.223 e. The minimum absolute atomic E-state index is 0.0522. The Kier molecular flexibility index (Phi) is 4.83. The van der Waals surface area contributed by atoms with Gasteiger partial charge in [-0.2, -0.15) is 0 Å². The minimum atomic E-state index is 0.0522. The van der Waals surface area contributed by atoms with Gasteiger partial charge in [-0.1, -0.05) is 37.8 Å². The van der Waals surface area contributed by atoms with Crippen LogP contribution < -0.4 is 11.1 Å². The van der Waals surface area contributed by atoms with E-state index in [9.17, 15) is 4.79 Å². The van der Waals surface area contributed by atoms with Crippen LogP contribution in [0, 0.1) is 5.92 Å². The fourth-order valence-corrected chi connectivity index (χ4v) is 2.74. The quantitative estimate of drug-likeness (QED) is 0.646. The van der Waals surface area contributed by atoms with Gasteiger partial charge < -0.3 is 11.1 Å². The van der Waals surface area contributed by atoms with Crippen molar-refractivity contribution in [2.75, 3.05) is 5.73 Å². The maximum Gasteiger partial charge on any atom is 0.223 e. The molecule has 0 radical (unpaired) electrons. The second-order valence-electron chi connectivity index (χ2n) is 5.59. The first kappa shape index (κ1) is 13.9. The Morgan fingerprint density at radius 1 is 1.16 bits per heavy atom. The van der Waals surface area contributed by atoms with Crippen molar-refractivity contribution in [3.05, 3.63) is 29.8 Å². The van der Waals surface area contributed by atoms with E-state index in [1.807, 2.05) is 31.2 Å². The monoisotopic (exact) mass is 260 g/mol. The van der Waals surface area contributed by atoms with Crippen molar-refractivity contribution >= 4 is 11.6 Å². The predicted molar refractivity (Wildman–Crippen MR) is 78.6 cm³/mol. The molecule has 3 N–H and O–H groups in total. The summed E-state index contributed by atoms with van der Waals surface area (Å²) in [6.45, 7) is 2.03. The lowest BCUT2D eigenvalue weighted by Crippen LogP contribution is -2.32. The van der Waals surface area contributed by atoms with Crippen LogP contribution in [0.1, 0.15) is 57.1 Å². The first-order valence-corrected chi connectivity index (χ1v) is 7.32. The fraction of sp³-hybridized carbons (Fsp3) is 0.562. The van der Waals surface area contributed by atoms with Crippen molar-refractivity contribution in [3.8, 4) is 0 Å². The van der Waals surface area contributed by atoms with Gasteiger partial charge in [-0.25, -0.2) is 0 Å². The van der Waals surface area contributed by atoms with Crippen molar-refractivity contribution in [1.82, 2.24) is 5.32 Å². The van der Waals surface area contributed by atoms with E-state index in [2.05, 4.69) is 5.32 Å². The standard InChI is InChI=1S/C16H24N2O/c1-12(13-8-10-15(17)11-9-13)18-16(19)14-6-4-2-3-5-7-14/h8-12,14H,2-7,17H2,1H3,(H,18,19). The number of hydrogen-bond acceptors (Lipinski definition) is 2. The zero-order valence-electron chi connectivity index (χ0n) is 11.7. The van der Waals surface area contributed by atoms with Gasteiger partial charge in [-0.15, -0.1) is 0 Å². The Morgan fingerprint density at radius 3 is 2.32 bits per heavy atom. The highest BCUT2D eigenvalue weighted by molar-refractivity contribution is 5.79. The van der Waals surface area contributed by atoms with Crippen LogP contribution in [0.25, 0.3) is 0 Å². The molecule has 1 aromatic carbocycles. The maximum atomic E-state index is 12.3. The summed E-state index contributed by atoms with van der Waals surface area (Å²) in [4.78, 5) is 12.3. The molecular formula is C16H24N2O. The maximum absolute atomic E-state index is 12.3. The number of anilines is 1. The molecule has 104 valence electrons. The van der Waals surface area contributed by atoms with E-state index in [1.54, 1.807) is 0 Å². The summed E-state index contributed by atoms with van der Waals surface area (Å²) in [6.07, 6.45) is 7.01. The molecule has 3 nitrogen and oxygen atoms in total. The van der Waals surface area contributed by atoms with Gasteiger partial charge in [0, 0.05) is 11.6 Å². The Balaban J connectivity index is 1.92. The number of carbonyl (C=O) groups is 1. The molecule has 0 saturated heterocycles. The normalized spacial score (nSPS) is 18.6. The second-order valence-corrected chi connectivity index (χ2v) is 5.59. The minimum Gasteiger partial charge on any atom is -0.399 e. The lowest BCUT2D eigenvalue weighted by Gasteiger charge is -2.19. The van der Waals surface area contributed by atoms with Crippen molar-refractivity contribution in [2.45, 2.75) is 51.5 Å². The number of nitrogen functional groups attached to an aromatic ring is 1. The lowest BCUT2D eigenvalue weighted by atomic mass is 9.98. The molecule has 1 fully saturated rings. The van der Waals surface area contributed by atoms with Crippen molar-refractivity contribution in [1.29, 1.82) is 0 Å². The molecule has 1 aliphatic rings. The van der Waals surface area contributed by atoms with Crippen LogP contribution in [-0.2, 0) is 4.79 Å². The third-order valence-electron chi connectivity index (χ3n) is 4.02. The number of nitrogens with two attached hydrogens (primary N) is 1. The molecule has 1 aromatic rings. The molecule has 0 spiro atoms.